The second-order valence-electron chi connectivity index (χ2n) is 7.60. The molecular weight excluding hydrogens is 408 g/mol. The smallest absolute Gasteiger partial charge is 0.255 e. The lowest BCUT2D eigenvalue weighted by molar-refractivity contribution is -0.113. The summed E-state index contributed by atoms with van der Waals surface area (Å²) in [5.74, 6) is 1.47. The van der Waals surface area contributed by atoms with Gasteiger partial charge in [-0.3, -0.25) is 4.79 Å². The maximum atomic E-state index is 13.5. The van der Waals surface area contributed by atoms with E-state index in [2.05, 4.69) is 20.7 Å². The number of aromatic nitrogens is 3. The van der Waals surface area contributed by atoms with Crippen LogP contribution in [0.3, 0.4) is 0 Å². The number of hydrogen-bond acceptors (Lipinski definition) is 7. The molecule has 2 N–H and O–H groups in total. The van der Waals surface area contributed by atoms with Gasteiger partial charge >= 0.3 is 0 Å². The van der Waals surface area contributed by atoms with Gasteiger partial charge < -0.3 is 25.0 Å². The van der Waals surface area contributed by atoms with Crippen LogP contribution in [0.4, 0.5) is 17.3 Å². The second-order valence-corrected chi connectivity index (χ2v) is 7.60. The Bertz CT molecular complexity index is 1170. The van der Waals surface area contributed by atoms with E-state index < -0.39 is 6.04 Å². The molecule has 3 aromatic rings. The average Bonchev–Trinajstić information content (AvgIpc) is 3.26. The molecule has 0 aliphatic carbocycles. The molecule has 1 amide bonds. The predicted octanol–water partition coefficient (Wildman–Crippen LogP) is 3.29. The van der Waals surface area contributed by atoms with Crippen molar-refractivity contribution in [1.82, 2.24) is 14.8 Å². The normalized spacial score (nSPS) is 15.0. The zero-order valence-electron chi connectivity index (χ0n) is 18.7. The van der Waals surface area contributed by atoms with E-state index >= 15 is 0 Å². The summed E-state index contributed by atoms with van der Waals surface area (Å²) >= 11 is 0. The molecule has 1 aliphatic rings. The highest BCUT2D eigenvalue weighted by molar-refractivity contribution is 6.06. The molecule has 32 heavy (non-hydrogen) atoms. The third-order valence-corrected chi connectivity index (χ3v) is 5.42. The SMILES string of the molecule is COc1ccc(NC(=O)C2=C(C)Nc3ncnn3C2c2ccc(N(C)C)cc2)c(OC)c1. The third kappa shape index (κ3) is 3.84. The molecule has 1 unspecified atom stereocenters. The molecule has 9 heteroatoms. The molecule has 2 heterocycles. The number of amides is 1. The molecule has 4 rings (SSSR count). The summed E-state index contributed by atoms with van der Waals surface area (Å²) in [7, 11) is 7.10. The highest BCUT2D eigenvalue weighted by atomic mass is 16.5. The van der Waals surface area contributed by atoms with E-state index in [1.165, 1.54) is 6.33 Å². The quantitative estimate of drug-likeness (QED) is 0.615. The van der Waals surface area contributed by atoms with Gasteiger partial charge in [0.05, 0.1) is 25.5 Å². The van der Waals surface area contributed by atoms with Crippen LogP contribution < -0.4 is 25.0 Å². The number of benzene rings is 2. The first-order valence-corrected chi connectivity index (χ1v) is 10.1. The lowest BCUT2D eigenvalue weighted by Crippen LogP contribution is -2.31. The van der Waals surface area contributed by atoms with Crippen LogP contribution in [-0.2, 0) is 4.79 Å². The molecule has 1 aromatic heterocycles. The van der Waals surface area contributed by atoms with Crippen LogP contribution in [0.25, 0.3) is 0 Å². The molecule has 0 radical (unpaired) electrons. The number of nitrogens with one attached hydrogen (secondary N) is 2. The first-order valence-electron chi connectivity index (χ1n) is 10.1. The van der Waals surface area contributed by atoms with Crippen molar-refractivity contribution >= 4 is 23.2 Å². The topological polar surface area (TPSA) is 93.5 Å². The van der Waals surface area contributed by atoms with Gasteiger partial charge in [-0.25, -0.2) is 4.68 Å². The van der Waals surface area contributed by atoms with Crippen LogP contribution >= 0.6 is 0 Å². The number of allylic oxidation sites excluding steroid dienone is 1. The van der Waals surface area contributed by atoms with Gasteiger partial charge in [-0.1, -0.05) is 12.1 Å². The number of rotatable bonds is 6. The number of ether oxygens (including phenoxy) is 2. The molecule has 0 saturated heterocycles. The van der Waals surface area contributed by atoms with Gasteiger partial charge in [-0.15, -0.1) is 0 Å². The second kappa shape index (κ2) is 8.62. The summed E-state index contributed by atoms with van der Waals surface area (Å²) in [4.78, 5) is 19.8. The van der Waals surface area contributed by atoms with Crippen molar-refractivity contribution in [2.45, 2.75) is 13.0 Å². The van der Waals surface area contributed by atoms with Crippen molar-refractivity contribution in [3.05, 3.63) is 65.6 Å². The van der Waals surface area contributed by atoms with Gasteiger partial charge in [0.2, 0.25) is 5.95 Å². The minimum Gasteiger partial charge on any atom is -0.497 e. The highest BCUT2D eigenvalue weighted by Crippen LogP contribution is 2.37. The van der Waals surface area contributed by atoms with Crippen LogP contribution in [0.5, 0.6) is 11.5 Å². The first kappa shape index (κ1) is 21.2. The molecule has 0 saturated carbocycles. The number of carbonyl (C=O) groups excluding carboxylic acids is 1. The fourth-order valence-corrected chi connectivity index (χ4v) is 3.74. The Morgan fingerprint density at radius 1 is 1.12 bits per heavy atom. The zero-order valence-corrected chi connectivity index (χ0v) is 18.7. The Hall–Kier alpha value is -4.01. The molecule has 0 fully saturated rings. The van der Waals surface area contributed by atoms with Gasteiger partial charge in [-0.2, -0.15) is 10.1 Å². The third-order valence-electron chi connectivity index (χ3n) is 5.42. The molecule has 1 atom stereocenters. The van der Waals surface area contributed by atoms with Crippen LogP contribution in [0.2, 0.25) is 0 Å². The first-order chi connectivity index (χ1) is 15.4. The fourth-order valence-electron chi connectivity index (χ4n) is 3.74. The zero-order chi connectivity index (χ0) is 22.8. The van der Waals surface area contributed by atoms with E-state index in [0.717, 1.165) is 11.3 Å². The van der Waals surface area contributed by atoms with Crippen molar-refractivity contribution in [2.24, 2.45) is 0 Å². The number of hydrogen-bond donors (Lipinski definition) is 2. The summed E-state index contributed by atoms with van der Waals surface area (Å²) in [6.07, 6.45) is 1.48. The number of carbonyl (C=O) groups is 1. The number of anilines is 3. The van der Waals surface area contributed by atoms with Gasteiger partial charge in [0, 0.05) is 31.5 Å². The fraction of sp³-hybridized carbons (Fsp3) is 0.261. The van der Waals surface area contributed by atoms with Crippen molar-refractivity contribution in [2.75, 3.05) is 43.8 Å². The maximum Gasteiger partial charge on any atom is 0.255 e. The van der Waals surface area contributed by atoms with E-state index in [1.54, 1.807) is 37.1 Å². The average molecular weight is 435 g/mol. The lowest BCUT2D eigenvalue weighted by Gasteiger charge is -2.29. The van der Waals surface area contributed by atoms with E-state index in [1.807, 2.05) is 50.2 Å². The maximum absolute atomic E-state index is 13.5. The Morgan fingerprint density at radius 2 is 1.88 bits per heavy atom. The molecule has 2 aromatic carbocycles. The molecule has 166 valence electrons. The van der Waals surface area contributed by atoms with Gasteiger partial charge in [0.15, 0.2) is 0 Å². The Morgan fingerprint density at radius 3 is 2.53 bits per heavy atom. The minimum absolute atomic E-state index is 0.263. The van der Waals surface area contributed by atoms with Crippen LogP contribution in [0, 0.1) is 0 Å². The Labute approximate surface area is 186 Å². The highest BCUT2D eigenvalue weighted by Gasteiger charge is 2.33. The lowest BCUT2D eigenvalue weighted by atomic mass is 9.94. The van der Waals surface area contributed by atoms with E-state index in [4.69, 9.17) is 9.47 Å². The van der Waals surface area contributed by atoms with Crippen molar-refractivity contribution in [3.63, 3.8) is 0 Å². The van der Waals surface area contributed by atoms with Gasteiger partial charge in [0.25, 0.3) is 5.91 Å². The number of methoxy groups -OCH3 is 2. The summed E-state index contributed by atoms with van der Waals surface area (Å²) in [6.45, 7) is 1.86. The van der Waals surface area contributed by atoms with Crippen molar-refractivity contribution in [1.29, 1.82) is 0 Å². The Kier molecular flexibility index (Phi) is 5.72. The van der Waals surface area contributed by atoms with Gasteiger partial charge in [-0.05, 0) is 36.8 Å². The molecule has 9 nitrogen and oxygen atoms in total. The van der Waals surface area contributed by atoms with E-state index in [9.17, 15) is 4.79 Å². The largest absolute Gasteiger partial charge is 0.497 e. The molecule has 1 aliphatic heterocycles. The monoisotopic (exact) mass is 434 g/mol. The van der Waals surface area contributed by atoms with Crippen molar-refractivity contribution in [3.8, 4) is 11.5 Å². The predicted molar refractivity (Wildman–Crippen MR) is 123 cm³/mol. The van der Waals surface area contributed by atoms with Gasteiger partial charge in [0.1, 0.15) is 23.9 Å². The van der Waals surface area contributed by atoms with Crippen LogP contribution in [0.15, 0.2) is 60.1 Å². The molecule has 0 bridgehead atoms. The molecule has 0 spiro atoms. The van der Waals surface area contributed by atoms with Crippen LogP contribution in [-0.4, -0.2) is 49.0 Å². The summed E-state index contributed by atoms with van der Waals surface area (Å²) in [5.41, 5.74) is 3.78. The molecular formula is C23H26N6O3. The number of nitrogens with zero attached hydrogens (tertiary/aromatic N) is 4. The van der Waals surface area contributed by atoms with Crippen molar-refractivity contribution < 1.29 is 14.3 Å². The summed E-state index contributed by atoms with van der Waals surface area (Å²) in [5, 5.41) is 10.5. The summed E-state index contributed by atoms with van der Waals surface area (Å²) < 4.78 is 12.4. The standard InChI is InChI=1S/C23H26N6O3/c1-14-20(22(30)27-18-11-10-17(31-4)12-19(18)32-5)21(29-23(26-14)24-13-25-29)15-6-8-16(9-7-15)28(2)3/h6-13,21H,1-5H3,(H,27,30)(H,24,25,26). The van der Waals surface area contributed by atoms with E-state index in [-0.39, 0.29) is 5.91 Å². The number of fused-ring (bicyclic) bond motifs is 1. The van der Waals surface area contributed by atoms with Crippen LogP contribution in [0.1, 0.15) is 18.5 Å². The van der Waals surface area contributed by atoms with E-state index in [0.29, 0.717) is 34.4 Å². The Balaban J connectivity index is 1.73. The summed E-state index contributed by atoms with van der Waals surface area (Å²) in [6, 6.07) is 12.9. The minimum atomic E-state index is -0.436.